The van der Waals surface area contributed by atoms with E-state index in [2.05, 4.69) is 55.7 Å². The van der Waals surface area contributed by atoms with E-state index in [9.17, 15) is 0 Å². The van der Waals surface area contributed by atoms with Crippen LogP contribution >= 0.6 is 11.3 Å². The van der Waals surface area contributed by atoms with Crippen molar-refractivity contribution < 1.29 is 0 Å². The number of rotatable bonds is 5. The van der Waals surface area contributed by atoms with Gasteiger partial charge in [-0.15, -0.1) is 11.3 Å². The molecule has 1 atom stereocenters. The number of aromatic nitrogens is 1. The van der Waals surface area contributed by atoms with Gasteiger partial charge in [-0.2, -0.15) is 0 Å². The van der Waals surface area contributed by atoms with Crippen LogP contribution in [0.25, 0.3) is 11.3 Å². The van der Waals surface area contributed by atoms with Gasteiger partial charge in [0.05, 0.1) is 10.7 Å². The molecule has 0 spiro atoms. The largest absolute Gasteiger partial charge is 0.317 e. The smallest absolute Gasteiger partial charge is 0.0948 e. The molecule has 1 N–H and O–H groups in total. The van der Waals surface area contributed by atoms with E-state index in [-0.39, 0.29) is 0 Å². The normalized spacial score (nSPS) is 13.4. The fourth-order valence-corrected chi connectivity index (χ4v) is 3.26. The highest BCUT2D eigenvalue weighted by atomic mass is 32.1. The van der Waals surface area contributed by atoms with Gasteiger partial charge in [0, 0.05) is 23.4 Å². The van der Waals surface area contributed by atoms with Crippen LogP contribution in [0.4, 0.5) is 0 Å². The van der Waals surface area contributed by atoms with Crippen molar-refractivity contribution in [1.82, 2.24) is 10.3 Å². The van der Waals surface area contributed by atoms with Gasteiger partial charge in [0.25, 0.3) is 0 Å². The van der Waals surface area contributed by atoms with E-state index >= 15 is 0 Å². The molecule has 0 radical (unpaired) electrons. The molecule has 1 heterocycles. The van der Waals surface area contributed by atoms with Crippen LogP contribution in [0.15, 0.2) is 35.7 Å². The SMILES string of the molecule is CNC(Cc1nc(-c2ccccc2)cs1)CC(C)(C)C. The number of nitrogens with one attached hydrogen (secondary N) is 1. The molecule has 2 aromatic rings. The fourth-order valence-electron chi connectivity index (χ4n) is 2.37. The van der Waals surface area contributed by atoms with Gasteiger partial charge < -0.3 is 5.32 Å². The quantitative estimate of drug-likeness (QED) is 0.883. The standard InChI is InChI=1S/C17H24N2S/c1-17(2,3)11-14(18-4)10-16-19-15(12-20-16)13-8-6-5-7-9-13/h5-9,12,14,18H,10-11H2,1-4H3. The van der Waals surface area contributed by atoms with Gasteiger partial charge in [0.1, 0.15) is 0 Å². The maximum atomic E-state index is 4.78. The Morgan fingerprint density at radius 1 is 1.20 bits per heavy atom. The van der Waals surface area contributed by atoms with Crippen LogP contribution in [0.1, 0.15) is 32.2 Å². The Morgan fingerprint density at radius 3 is 2.50 bits per heavy atom. The lowest BCUT2D eigenvalue weighted by Gasteiger charge is -2.25. The van der Waals surface area contributed by atoms with Crippen LogP contribution in [-0.2, 0) is 6.42 Å². The van der Waals surface area contributed by atoms with E-state index in [1.54, 1.807) is 11.3 Å². The molecule has 0 saturated carbocycles. The third-order valence-corrected chi connectivity index (χ3v) is 4.18. The molecular weight excluding hydrogens is 264 g/mol. The number of hydrogen-bond acceptors (Lipinski definition) is 3. The molecule has 2 nitrogen and oxygen atoms in total. The summed E-state index contributed by atoms with van der Waals surface area (Å²) >= 11 is 1.76. The molecule has 1 aromatic heterocycles. The minimum atomic E-state index is 0.340. The number of nitrogens with zero attached hydrogens (tertiary/aromatic N) is 1. The third kappa shape index (κ3) is 4.43. The molecular formula is C17H24N2S. The summed E-state index contributed by atoms with van der Waals surface area (Å²) in [5, 5.41) is 6.80. The van der Waals surface area contributed by atoms with E-state index in [4.69, 9.17) is 4.98 Å². The average molecular weight is 288 g/mol. The Hall–Kier alpha value is -1.19. The second-order valence-corrected chi connectivity index (χ2v) is 7.39. The number of benzene rings is 1. The van der Waals surface area contributed by atoms with E-state index < -0.39 is 0 Å². The predicted molar refractivity (Wildman–Crippen MR) is 88.2 cm³/mol. The van der Waals surface area contributed by atoms with Crippen LogP contribution in [0.2, 0.25) is 0 Å². The van der Waals surface area contributed by atoms with Gasteiger partial charge in [-0.1, -0.05) is 51.1 Å². The van der Waals surface area contributed by atoms with Crippen LogP contribution in [0, 0.1) is 5.41 Å². The predicted octanol–water partition coefficient (Wildman–Crippen LogP) is 4.38. The zero-order chi connectivity index (χ0) is 14.6. The summed E-state index contributed by atoms with van der Waals surface area (Å²) in [5.74, 6) is 0. The zero-order valence-corrected chi connectivity index (χ0v) is 13.6. The van der Waals surface area contributed by atoms with Gasteiger partial charge in [0.15, 0.2) is 0 Å². The summed E-state index contributed by atoms with van der Waals surface area (Å²) in [4.78, 5) is 4.78. The maximum absolute atomic E-state index is 4.78. The summed E-state index contributed by atoms with van der Waals surface area (Å²) < 4.78 is 0. The molecule has 2 rings (SSSR count). The van der Waals surface area contributed by atoms with Crippen LogP contribution < -0.4 is 5.32 Å². The van der Waals surface area contributed by atoms with Gasteiger partial charge >= 0.3 is 0 Å². The lowest BCUT2D eigenvalue weighted by Crippen LogP contribution is -2.31. The third-order valence-electron chi connectivity index (χ3n) is 3.31. The van der Waals surface area contributed by atoms with Crippen molar-refractivity contribution in [3.05, 3.63) is 40.7 Å². The highest BCUT2D eigenvalue weighted by molar-refractivity contribution is 7.09. The summed E-state index contributed by atoms with van der Waals surface area (Å²) in [6.07, 6.45) is 2.16. The second-order valence-electron chi connectivity index (χ2n) is 6.45. The first kappa shape index (κ1) is 15.2. The zero-order valence-electron chi connectivity index (χ0n) is 12.8. The van der Waals surface area contributed by atoms with E-state index in [1.807, 2.05) is 13.1 Å². The van der Waals surface area contributed by atoms with Crippen molar-refractivity contribution in [1.29, 1.82) is 0 Å². The Balaban J connectivity index is 2.05. The molecule has 0 aliphatic heterocycles. The van der Waals surface area contributed by atoms with Gasteiger partial charge in [0.2, 0.25) is 0 Å². The van der Waals surface area contributed by atoms with E-state index in [1.165, 1.54) is 10.6 Å². The molecule has 0 bridgehead atoms. The minimum Gasteiger partial charge on any atom is -0.317 e. The number of hydrogen-bond donors (Lipinski definition) is 1. The van der Waals surface area contributed by atoms with Crippen molar-refractivity contribution in [3.8, 4) is 11.3 Å². The maximum Gasteiger partial charge on any atom is 0.0948 e. The summed E-state index contributed by atoms with van der Waals surface area (Å²) in [6, 6.07) is 10.9. The van der Waals surface area contributed by atoms with E-state index in [0.29, 0.717) is 11.5 Å². The minimum absolute atomic E-state index is 0.340. The monoisotopic (exact) mass is 288 g/mol. The fraction of sp³-hybridized carbons (Fsp3) is 0.471. The number of thiazole rings is 1. The van der Waals surface area contributed by atoms with Crippen molar-refractivity contribution in [2.24, 2.45) is 5.41 Å². The van der Waals surface area contributed by atoms with Crippen LogP contribution in [-0.4, -0.2) is 18.1 Å². The number of likely N-dealkylation sites (N-methyl/N-ethyl adjacent to an activating group) is 1. The molecule has 3 heteroatoms. The summed E-state index contributed by atoms with van der Waals surface area (Å²) in [5.41, 5.74) is 2.63. The molecule has 1 aromatic carbocycles. The Labute approximate surface area is 126 Å². The lowest BCUT2D eigenvalue weighted by atomic mass is 9.87. The molecule has 0 fully saturated rings. The van der Waals surface area contributed by atoms with Gasteiger partial charge in [-0.25, -0.2) is 4.98 Å². The molecule has 1 unspecified atom stereocenters. The Bertz CT molecular complexity index is 525. The molecule has 0 aliphatic rings. The first-order valence-corrected chi connectivity index (χ1v) is 8.03. The van der Waals surface area contributed by atoms with Crippen molar-refractivity contribution >= 4 is 11.3 Å². The first-order chi connectivity index (χ1) is 9.48. The molecule has 0 aliphatic carbocycles. The summed E-state index contributed by atoms with van der Waals surface area (Å²) in [6.45, 7) is 6.86. The Kier molecular flexibility index (Phi) is 4.95. The molecule has 0 saturated heterocycles. The second kappa shape index (κ2) is 6.51. The Morgan fingerprint density at radius 2 is 1.90 bits per heavy atom. The van der Waals surface area contributed by atoms with Crippen molar-refractivity contribution in [2.75, 3.05) is 7.05 Å². The highest BCUT2D eigenvalue weighted by Crippen LogP contribution is 2.25. The van der Waals surface area contributed by atoms with E-state index in [0.717, 1.165) is 18.5 Å². The van der Waals surface area contributed by atoms with Crippen LogP contribution in [0.5, 0.6) is 0 Å². The molecule has 108 valence electrons. The van der Waals surface area contributed by atoms with Crippen molar-refractivity contribution in [2.45, 2.75) is 39.7 Å². The van der Waals surface area contributed by atoms with Crippen molar-refractivity contribution in [3.63, 3.8) is 0 Å². The average Bonchev–Trinajstić information content (AvgIpc) is 2.86. The lowest BCUT2D eigenvalue weighted by molar-refractivity contribution is 0.316. The molecule has 20 heavy (non-hydrogen) atoms. The highest BCUT2D eigenvalue weighted by Gasteiger charge is 2.19. The topological polar surface area (TPSA) is 24.9 Å². The van der Waals surface area contributed by atoms with Gasteiger partial charge in [-0.3, -0.25) is 0 Å². The van der Waals surface area contributed by atoms with Crippen LogP contribution in [0.3, 0.4) is 0 Å². The first-order valence-electron chi connectivity index (χ1n) is 7.15. The summed E-state index contributed by atoms with van der Waals surface area (Å²) in [7, 11) is 2.04. The van der Waals surface area contributed by atoms with Gasteiger partial charge in [-0.05, 0) is 18.9 Å². The molecule has 0 amide bonds.